The molecule has 0 amide bonds. The average Bonchev–Trinajstić information content (AvgIpc) is 1.98. The Bertz CT molecular complexity index is 137. The number of hydrogen-bond donors (Lipinski definition) is 1. The fourth-order valence-corrected chi connectivity index (χ4v) is 0.803. The SMILES string of the molecule is C=C1CCN(C)C1=N. The first kappa shape index (κ1) is 5.35. The van der Waals surface area contributed by atoms with E-state index in [4.69, 9.17) is 5.41 Å². The van der Waals surface area contributed by atoms with E-state index in [1.54, 1.807) is 0 Å². The van der Waals surface area contributed by atoms with E-state index in [-0.39, 0.29) is 0 Å². The lowest BCUT2D eigenvalue weighted by atomic mass is 10.3. The first-order chi connectivity index (χ1) is 3.72. The fourth-order valence-electron chi connectivity index (χ4n) is 0.803. The quantitative estimate of drug-likeness (QED) is 0.492. The summed E-state index contributed by atoms with van der Waals surface area (Å²) in [6.45, 7) is 4.69. The maximum absolute atomic E-state index is 7.29. The average molecular weight is 110 g/mol. The number of hydrogen-bond acceptors (Lipinski definition) is 1. The molecule has 1 saturated heterocycles. The van der Waals surface area contributed by atoms with Gasteiger partial charge in [0.15, 0.2) is 0 Å². The number of rotatable bonds is 0. The summed E-state index contributed by atoms with van der Waals surface area (Å²) in [6.07, 6.45) is 0.968. The van der Waals surface area contributed by atoms with Crippen LogP contribution in [0.15, 0.2) is 12.2 Å². The Labute approximate surface area is 49.3 Å². The van der Waals surface area contributed by atoms with E-state index in [9.17, 15) is 0 Å². The molecule has 2 nitrogen and oxygen atoms in total. The first-order valence-electron chi connectivity index (χ1n) is 2.69. The predicted octanol–water partition coefficient (Wildman–Crippen LogP) is 0.855. The summed E-state index contributed by atoms with van der Waals surface area (Å²) in [5, 5.41) is 7.29. The Morgan fingerprint density at radius 1 is 1.75 bits per heavy atom. The molecule has 1 fully saturated rings. The van der Waals surface area contributed by atoms with Gasteiger partial charge >= 0.3 is 0 Å². The number of amidine groups is 1. The second-order valence-electron chi connectivity index (χ2n) is 2.12. The molecule has 1 N–H and O–H groups in total. The highest BCUT2D eigenvalue weighted by Gasteiger charge is 2.15. The molecule has 0 saturated carbocycles. The lowest BCUT2D eigenvalue weighted by Crippen LogP contribution is -2.17. The number of nitrogens with zero attached hydrogens (tertiary/aromatic N) is 1. The molecule has 0 spiro atoms. The second kappa shape index (κ2) is 1.62. The van der Waals surface area contributed by atoms with Crippen molar-refractivity contribution in [3.05, 3.63) is 12.2 Å². The molecule has 1 heterocycles. The highest BCUT2D eigenvalue weighted by atomic mass is 15.2. The molecule has 1 aliphatic heterocycles. The number of likely N-dealkylation sites (tertiary alicyclic amines) is 1. The summed E-state index contributed by atoms with van der Waals surface area (Å²) in [7, 11) is 1.92. The van der Waals surface area contributed by atoms with Gasteiger partial charge in [-0.25, -0.2) is 0 Å². The summed E-state index contributed by atoms with van der Waals surface area (Å²) >= 11 is 0. The van der Waals surface area contributed by atoms with E-state index >= 15 is 0 Å². The Morgan fingerprint density at radius 3 is 2.50 bits per heavy atom. The summed E-state index contributed by atoms with van der Waals surface area (Å²) in [6, 6.07) is 0. The standard InChI is InChI=1S/C6H10N2/c1-5-3-4-8(2)6(5)7/h7H,1,3-4H2,2H3. The van der Waals surface area contributed by atoms with Crippen LogP contribution in [0.5, 0.6) is 0 Å². The zero-order valence-corrected chi connectivity index (χ0v) is 5.07. The molecular weight excluding hydrogens is 100 g/mol. The molecule has 44 valence electrons. The molecule has 0 aromatic rings. The van der Waals surface area contributed by atoms with Gasteiger partial charge in [-0.3, -0.25) is 5.41 Å². The summed E-state index contributed by atoms with van der Waals surface area (Å²) < 4.78 is 0. The highest BCUT2D eigenvalue weighted by molar-refractivity contribution is 5.97. The predicted molar refractivity (Wildman–Crippen MR) is 34.1 cm³/mol. The molecule has 0 atom stereocenters. The highest BCUT2D eigenvalue weighted by Crippen LogP contribution is 2.11. The lowest BCUT2D eigenvalue weighted by Gasteiger charge is -2.06. The summed E-state index contributed by atoms with van der Waals surface area (Å²) in [4.78, 5) is 1.91. The molecule has 2 heteroatoms. The zero-order chi connectivity index (χ0) is 6.15. The Morgan fingerprint density at radius 2 is 2.38 bits per heavy atom. The maximum atomic E-state index is 7.29. The van der Waals surface area contributed by atoms with Crippen molar-refractivity contribution in [1.82, 2.24) is 4.90 Å². The third-order valence-corrected chi connectivity index (χ3v) is 1.47. The van der Waals surface area contributed by atoms with Crippen LogP contribution in [0.4, 0.5) is 0 Å². The van der Waals surface area contributed by atoms with Gasteiger partial charge in [0.1, 0.15) is 5.84 Å². The van der Waals surface area contributed by atoms with E-state index in [1.165, 1.54) is 0 Å². The topological polar surface area (TPSA) is 27.1 Å². The molecular formula is C6H10N2. The minimum atomic E-state index is 0.602. The van der Waals surface area contributed by atoms with Gasteiger partial charge in [-0.05, 0) is 12.0 Å². The van der Waals surface area contributed by atoms with Crippen molar-refractivity contribution < 1.29 is 0 Å². The maximum Gasteiger partial charge on any atom is 0.123 e. The molecule has 1 aliphatic rings. The molecule has 0 radical (unpaired) electrons. The van der Waals surface area contributed by atoms with Crippen LogP contribution in [-0.4, -0.2) is 24.3 Å². The van der Waals surface area contributed by atoms with Gasteiger partial charge in [-0.2, -0.15) is 0 Å². The van der Waals surface area contributed by atoms with E-state index in [0.29, 0.717) is 5.84 Å². The molecule has 0 aliphatic carbocycles. The third kappa shape index (κ3) is 0.619. The van der Waals surface area contributed by atoms with Crippen molar-refractivity contribution in [3.8, 4) is 0 Å². The Hall–Kier alpha value is -0.790. The zero-order valence-electron chi connectivity index (χ0n) is 5.07. The minimum absolute atomic E-state index is 0.602. The van der Waals surface area contributed by atoms with Gasteiger partial charge in [-0.1, -0.05) is 6.58 Å². The fraction of sp³-hybridized carbons (Fsp3) is 0.500. The van der Waals surface area contributed by atoms with Gasteiger partial charge < -0.3 is 4.90 Å². The largest absolute Gasteiger partial charge is 0.360 e. The molecule has 1 rings (SSSR count). The molecule has 0 aromatic carbocycles. The third-order valence-electron chi connectivity index (χ3n) is 1.47. The first-order valence-corrected chi connectivity index (χ1v) is 2.69. The van der Waals surface area contributed by atoms with E-state index < -0.39 is 0 Å². The molecule has 0 bridgehead atoms. The van der Waals surface area contributed by atoms with Crippen molar-refractivity contribution in [1.29, 1.82) is 5.41 Å². The van der Waals surface area contributed by atoms with Crippen molar-refractivity contribution in [3.63, 3.8) is 0 Å². The Balaban J connectivity index is 2.71. The van der Waals surface area contributed by atoms with Crippen LogP contribution < -0.4 is 0 Å². The Kier molecular flexibility index (Phi) is 1.08. The van der Waals surface area contributed by atoms with E-state index in [0.717, 1.165) is 18.5 Å². The van der Waals surface area contributed by atoms with E-state index in [2.05, 4.69) is 6.58 Å². The number of nitrogens with one attached hydrogen (secondary N) is 1. The number of likely N-dealkylation sites (N-methyl/N-ethyl adjacent to an activating group) is 1. The van der Waals surface area contributed by atoms with Crippen LogP contribution >= 0.6 is 0 Å². The van der Waals surface area contributed by atoms with Crippen molar-refractivity contribution in [2.24, 2.45) is 0 Å². The van der Waals surface area contributed by atoms with Crippen molar-refractivity contribution in [2.45, 2.75) is 6.42 Å². The van der Waals surface area contributed by atoms with Crippen molar-refractivity contribution >= 4 is 5.84 Å². The summed E-state index contributed by atoms with van der Waals surface area (Å²) in [5.74, 6) is 0.602. The normalized spacial score (nSPS) is 20.4. The minimum Gasteiger partial charge on any atom is -0.360 e. The van der Waals surface area contributed by atoms with Crippen molar-refractivity contribution in [2.75, 3.05) is 13.6 Å². The monoisotopic (exact) mass is 110 g/mol. The smallest absolute Gasteiger partial charge is 0.123 e. The summed E-state index contributed by atoms with van der Waals surface area (Å²) in [5.41, 5.74) is 0.965. The molecule has 0 aromatic heterocycles. The van der Waals surface area contributed by atoms with Crippen LogP contribution in [0.1, 0.15) is 6.42 Å². The lowest BCUT2D eigenvalue weighted by molar-refractivity contribution is 0.548. The van der Waals surface area contributed by atoms with Gasteiger partial charge in [0.05, 0.1) is 0 Å². The van der Waals surface area contributed by atoms with Gasteiger partial charge in [0.25, 0.3) is 0 Å². The van der Waals surface area contributed by atoms with Gasteiger partial charge in [0.2, 0.25) is 0 Å². The molecule has 0 unspecified atom stereocenters. The van der Waals surface area contributed by atoms with Crippen LogP contribution in [0, 0.1) is 5.41 Å². The second-order valence-corrected chi connectivity index (χ2v) is 2.12. The van der Waals surface area contributed by atoms with E-state index in [1.807, 2.05) is 11.9 Å². The van der Waals surface area contributed by atoms with Crippen LogP contribution in [-0.2, 0) is 0 Å². The van der Waals surface area contributed by atoms with Crippen LogP contribution in [0.2, 0.25) is 0 Å². The van der Waals surface area contributed by atoms with Gasteiger partial charge in [-0.15, -0.1) is 0 Å². The van der Waals surface area contributed by atoms with Gasteiger partial charge in [0, 0.05) is 13.6 Å². The van der Waals surface area contributed by atoms with Crippen LogP contribution in [0.3, 0.4) is 0 Å². The molecule has 8 heavy (non-hydrogen) atoms. The van der Waals surface area contributed by atoms with Crippen LogP contribution in [0.25, 0.3) is 0 Å².